The lowest BCUT2D eigenvalue weighted by molar-refractivity contribution is 0.101. The number of rotatable bonds is 7. The third kappa shape index (κ3) is 4.11. The number of carbonyl (C=O) groups excluding carboxylic acids is 1. The van der Waals surface area contributed by atoms with Gasteiger partial charge in [-0.2, -0.15) is 0 Å². The molecule has 0 saturated heterocycles. The molecule has 0 aliphatic heterocycles. The van der Waals surface area contributed by atoms with Crippen LogP contribution in [-0.2, 0) is 0 Å². The van der Waals surface area contributed by atoms with Crippen molar-refractivity contribution in [2.45, 2.75) is 20.8 Å². The Morgan fingerprint density at radius 2 is 2.00 bits per heavy atom. The van der Waals surface area contributed by atoms with E-state index in [-0.39, 0.29) is 11.3 Å². The molecule has 18 heavy (non-hydrogen) atoms. The summed E-state index contributed by atoms with van der Waals surface area (Å²) in [5.41, 5.74) is 0.103. The van der Waals surface area contributed by atoms with Gasteiger partial charge in [-0.1, -0.05) is 13.8 Å². The van der Waals surface area contributed by atoms with Crippen molar-refractivity contribution in [3.05, 3.63) is 29.6 Å². The predicted molar refractivity (Wildman–Crippen MR) is 69.7 cm³/mol. The molecule has 1 aromatic carbocycles. The summed E-state index contributed by atoms with van der Waals surface area (Å²) >= 11 is 0. The van der Waals surface area contributed by atoms with E-state index in [0.29, 0.717) is 12.4 Å². The predicted octanol–water partition coefficient (Wildman–Crippen LogP) is 2.75. The summed E-state index contributed by atoms with van der Waals surface area (Å²) < 4.78 is 19.0. The Balaban J connectivity index is 2.53. The van der Waals surface area contributed by atoms with Crippen LogP contribution in [0.1, 0.15) is 31.1 Å². The maximum atomic E-state index is 13.5. The fourth-order valence-corrected chi connectivity index (χ4v) is 1.70. The van der Waals surface area contributed by atoms with E-state index < -0.39 is 5.82 Å². The van der Waals surface area contributed by atoms with Gasteiger partial charge in [0.15, 0.2) is 5.78 Å². The number of ketones is 1. The summed E-state index contributed by atoms with van der Waals surface area (Å²) in [6.45, 7) is 8.79. The molecule has 0 bridgehead atoms. The molecule has 1 rings (SSSR count). The molecule has 1 aromatic rings. The Morgan fingerprint density at radius 3 is 2.50 bits per heavy atom. The van der Waals surface area contributed by atoms with Crippen LogP contribution < -0.4 is 4.74 Å². The van der Waals surface area contributed by atoms with Crippen molar-refractivity contribution < 1.29 is 13.9 Å². The topological polar surface area (TPSA) is 29.5 Å². The Kier molecular flexibility index (Phi) is 5.78. The van der Waals surface area contributed by atoms with Crippen molar-refractivity contribution in [3.8, 4) is 5.75 Å². The van der Waals surface area contributed by atoms with E-state index in [2.05, 4.69) is 18.7 Å². The number of hydrogen-bond acceptors (Lipinski definition) is 3. The van der Waals surface area contributed by atoms with E-state index in [1.54, 1.807) is 6.07 Å². The molecule has 0 aliphatic carbocycles. The first kappa shape index (κ1) is 14.6. The maximum Gasteiger partial charge on any atom is 0.162 e. The second-order valence-electron chi connectivity index (χ2n) is 4.07. The minimum Gasteiger partial charge on any atom is -0.492 e. The Bertz CT molecular complexity index is 403. The molecular weight excluding hydrogens is 233 g/mol. The highest BCUT2D eigenvalue weighted by atomic mass is 19.1. The van der Waals surface area contributed by atoms with Gasteiger partial charge in [-0.3, -0.25) is 4.79 Å². The summed E-state index contributed by atoms with van der Waals surface area (Å²) in [5.74, 6) is -0.338. The number of Topliss-reactive ketones (excluding diaryl/α,β-unsaturated/α-hetero) is 1. The van der Waals surface area contributed by atoms with Gasteiger partial charge in [0, 0.05) is 12.6 Å². The molecule has 0 radical (unpaired) electrons. The molecule has 0 N–H and O–H groups in total. The van der Waals surface area contributed by atoms with Crippen LogP contribution in [0.15, 0.2) is 18.2 Å². The monoisotopic (exact) mass is 253 g/mol. The van der Waals surface area contributed by atoms with Gasteiger partial charge in [-0.05, 0) is 32.1 Å². The highest BCUT2D eigenvalue weighted by molar-refractivity contribution is 5.94. The normalized spacial score (nSPS) is 10.7. The van der Waals surface area contributed by atoms with E-state index in [0.717, 1.165) is 19.6 Å². The van der Waals surface area contributed by atoms with Crippen LogP contribution >= 0.6 is 0 Å². The zero-order valence-corrected chi connectivity index (χ0v) is 11.2. The van der Waals surface area contributed by atoms with Gasteiger partial charge in [0.1, 0.15) is 18.2 Å². The maximum absolute atomic E-state index is 13.5. The summed E-state index contributed by atoms with van der Waals surface area (Å²) in [6, 6.07) is 4.35. The molecule has 0 fully saturated rings. The SMILES string of the molecule is CCN(CC)CCOc1ccc(C(C)=O)c(F)c1. The van der Waals surface area contributed by atoms with Gasteiger partial charge >= 0.3 is 0 Å². The van der Waals surface area contributed by atoms with Gasteiger partial charge in [-0.15, -0.1) is 0 Å². The second kappa shape index (κ2) is 7.11. The number of halogens is 1. The van der Waals surface area contributed by atoms with Crippen molar-refractivity contribution in [1.82, 2.24) is 4.90 Å². The molecule has 4 heteroatoms. The van der Waals surface area contributed by atoms with E-state index >= 15 is 0 Å². The third-order valence-corrected chi connectivity index (χ3v) is 2.89. The first-order valence-electron chi connectivity index (χ1n) is 6.24. The number of hydrogen-bond donors (Lipinski definition) is 0. The van der Waals surface area contributed by atoms with Crippen LogP contribution in [0.2, 0.25) is 0 Å². The number of ether oxygens (including phenoxy) is 1. The van der Waals surface area contributed by atoms with Crippen LogP contribution in [0.4, 0.5) is 4.39 Å². The summed E-state index contributed by atoms with van der Waals surface area (Å²) in [7, 11) is 0. The van der Waals surface area contributed by atoms with Crippen LogP contribution in [0, 0.1) is 5.82 Å². The smallest absolute Gasteiger partial charge is 0.162 e. The molecule has 0 aromatic heterocycles. The zero-order valence-electron chi connectivity index (χ0n) is 11.2. The molecule has 0 amide bonds. The van der Waals surface area contributed by atoms with Gasteiger partial charge < -0.3 is 9.64 Å². The minimum atomic E-state index is -0.525. The lowest BCUT2D eigenvalue weighted by atomic mass is 10.1. The minimum absolute atomic E-state index is 0.103. The standard InChI is InChI=1S/C14H20FNO2/c1-4-16(5-2)8-9-18-12-6-7-13(11(3)17)14(15)10-12/h6-7,10H,4-5,8-9H2,1-3H3. The number of benzene rings is 1. The van der Waals surface area contributed by atoms with Crippen molar-refractivity contribution >= 4 is 5.78 Å². The largest absolute Gasteiger partial charge is 0.492 e. The average molecular weight is 253 g/mol. The molecule has 100 valence electrons. The Labute approximate surface area is 108 Å². The van der Waals surface area contributed by atoms with E-state index in [9.17, 15) is 9.18 Å². The van der Waals surface area contributed by atoms with Crippen molar-refractivity contribution in [2.24, 2.45) is 0 Å². The number of likely N-dealkylation sites (N-methyl/N-ethyl adjacent to an activating group) is 1. The molecule has 0 heterocycles. The van der Waals surface area contributed by atoms with E-state index in [4.69, 9.17) is 4.74 Å². The van der Waals surface area contributed by atoms with E-state index in [1.807, 2.05) is 0 Å². The quantitative estimate of drug-likeness (QED) is 0.700. The van der Waals surface area contributed by atoms with Gasteiger partial charge in [0.2, 0.25) is 0 Å². The molecule has 3 nitrogen and oxygen atoms in total. The number of nitrogens with zero attached hydrogens (tertiary/aromatic N) is 1. The zero-order chi connectivity index (χ0) is 13.5. The molecule has 0 aliphatic rings. The average Bonchev–Trinajstić information content (AvgIpc) is 2.34. The van der Waals surface area contributed by atoms with Crippen LogP contribution in [0.25, 0.3) is 0 Å². The first-order chi connectivity index (χ1) is 8.58. The van der Waals surface area contributed by atoms with Crippen LogP contribution in [0.3, 0.4) is 0 Å². The van der Waals surface area contributed by atoms with Crippen molar-refractivity contribution in [2.75, 3.05) is 26.2 Å². The lowest BCUT2D eigenvalue weighted by Gasteiger charge is -2.18. The van der Waals surface area contributed by atoms with Crippen LogP contribution in [-0.4, -0.2) is 36.9 Å². The second-order valence-corrected chi connectivity index (χ2v) is 4.07. The van der Waals surface area contributed by atoms with Gasteiger partial charge in [-0.25, -0.2) is 4.39 Å². The van der Waals surface area contributed by atoms with Crippen LogP contribution in [0.5, 0.6) is 5.75 Å². The molecule has 0 saturated carbocycles. The van der Waals surface area contributed by atoms with E-state index in [1.165, 1.54) is 19.1 Å². The molecule has 0 unspecified atom stereocenters. The van der Waals surface area contributed by atoms with Gasteiger partial charge in [0.05, 0.1) is 5.56 Å². The third-order valence-electron chi connectivity index (χ3n) is 2.89. The Morgan fingerprint density at radius 1 is 1.33 bits per heavy atom. The van der Waals surface area contributed by atoms with Crippen molar-refractivity contribution in [1.29, 1.82) is 0 Å². The summed E-state index contributed by atoms with van der Waals surface area (Å²) in [4.78, 5) is 13.3. The lowest BCUT2D eigenvalue weighted by Crippen LogP contribution is -2.27. The Hall–Kier alpha value is -1.42. The fourth-order valence-electron chi connectivity index (χ4n) is 1.70. The summed E-state index contributed by atoms with van der Waals surface area (Å²) in [6.07, 6.45) is 0. The van der Waals surface area contributed by atoms with Crippen molar-refractivity contribution in [3.63, 3.8) is 0 Å². The molecular formula is C14H20FNO2. The van der Waals surface area contributed by atoms with Gasteiger partial charge in [0.25, 0.3) is 0 Å². The number of carbonyl (C=O) groups is 1. The first-order valence-corrected chi connectivity index (χ1v) is 6.24. The highest BCUT2D eigenvalue weighted by Crippen LogP contribution is 2.17. The fraction of sp³-hybridized carbons (Fsp3) is 0.500. The molecule has 0 spiro atoms. The highest BCUT2D eigenvalue weighted by Gasteiger charge is 2.08. The summed E-state index contributed by atoms with van der Waals surface area (Å²) in [5, 5.41) is 0. The molecule has 0 atom stereocenters.